The number of rotatable bonds is 21. The number of benzene rings is 2. The number of nitrogens with one attached hydrogen (secondary N) is 6. The van der Waals surface area contributed by atoms with Gasteiger partial charge in [0.2, 0.25) is 35.4 Å². The van der Waals surface area contributed by atoms with Gasteiger partial charge in [-0.15, -0.1) is 0 Å². The Morgan fingerprint density at radius 1 is 0.905 bits per heavy atom. The second-order valence-corrected chi connectivity index (χ2v) is 14.8. The van der Waals surface area contributed by atoms with Gasteiger partial charge in [-0.1, -0.05) is 24.3 Å². The molecule has 8 N–H and O–H groups in total. The number of nitrogens with zero attached hydrogens (tertiary/aromatic N) is 2. The normalized spacial score (nSPS) is 18.6. The van der Waals surface area contributed by atoms with E-state index in [0.717, 1.165) is 10.5 Å². The standard InChI is InChI=1S/C42H46N8O13/c51-21-29(37(56)46-20-34(55)45-19-31-36(63-31)42(61)62-22-24-5-1-2-17-43-24)48-38(57)28(14-11-23-9-12-25(52)13-10-23)47-32(53)8-4-18-44-27-7-3-6-26-35(27)41(60)50(40(26)59)30-15-16-33(54)49-39(30)58/h1-3,5-7,9-10,12-13,17,28-31,36,44,51-52H,4,8,11,14-16,18-22H2,(H,45,55)(H,46,56)(H,47,53)(H,48,57)(H,49,54,58). The van der Waals surface area contributed by atoms with E-state index in [1.807, 2.05) is 0 Å². The van der Waals surface area contributed by atoms with Crippen LogP contribution in [0.2, 0.25) is 0 Å². The van der Waals surface area contributed by atoms with Crippen molar-refractivity contribution in [2.75, 3.05) is 31.6 Å². The summed E-state index contributed by atoms with van der Waals surface area (Å²) in [4.78, 5) is 120. The summed E-state index contributed by atoms with van der Waals surface area (Å²) in [5, 5.41) is 34.8. The molecule has 0 spiro atoms. The molecule has 3 aliphatic rings. The molecule has 0 bridgehead atoms. The molecular weight excluding hydrogens is 825 g/mol. The number of phenols is 1. The molecule has 2 aromatic carbocycles. The highest BCUT2D eigenvalue weighted by Crippen LogP contribution is 2.32. The van der Waals surface area contributed by atoms with E-state index in [9.17, 15) is 53.4 Å². The number of epoxide rings is 1. The van der Waals surface area contributed by atoms with E-state index in [2.05, 4.69) is 36.9 Å². The lowest BCUT2D eigenvalue weighted by molar-refractivity contribution is -0.146. The average molecular weight is 871 g/mol. The number of phenolic OH excluding ortho intramolecular Hbond substituents is 1. The van der Waals surface area contributed by atoms with E-state index < -0.39 is 96.7 Å². The van der Waals surface area contributed by atoms with E-state index in [-0.39, 0.29) is 75.1 Å². The minimum atomic E-state index is -1.50. The molecule has 3 aliphatic heterocycles. The number of carbonyl (C=O) groups excluding carboxylic acids is 9. The van der Waals surface area contributed by atoms with Gasteiger partial charge in [0.15, 0.2) is 6.10 Å². The van der Waals surface area contributed by atoms with Crippen molar-refractivity contribution in [1.82, 2.24) is 36.5 Å². The summed E-state index contributed by atoms with van der Waals surface area (Å²) in [6.45, 7) is -1.30. The number of pyridine rings is 1. The number of hydrogen-bond donors (Lipinski definition) is 8. The first-order chi connectivity index (χ1) is 30.3. The molecule has 0 radical (unpaired) electrons. The third-order valence-corrected chi connectivity index (χ3v) is 10.3. The smallest absolute Gasteiger partial charge is 0.338 e. The summed E-state index contributed by atoms with van der Waals surface area (Å²) < 4.78 is 10.4. The molecule has 8 amide bonds. The van der Waals surface area contributed by atoms with Crippen LogP contribution in [0.3, 0.4) is 0 Å². The molecule has 3 aromatic rings. The molecule has 0 saturated carbocycles. The van der Waals surface area contributed by atoms with Gasteiger partial charge in [0.25, 0.3) is 11.8 Å². The van der Waals surface area contributed by atoms with Crippen LogP contribution in [0.25, 0.3) is 0 Å². The average Bonchev–Trinajstić information content (AvgIpc) is 4.02. The number of aliphatic hydroxyl groups is 1. The van der Waals surface area contributed by atoms with Crippen molar-refractivity contribution >= 4 is 58.9 Å². The third-order valence-electron chi connectivity index (χ3n) is 10.3. The second-order valence-electron chi connectivity index (χ2n) is 14.8. The first-order valence-corrected chi connectivity index (χ1v) is 20.2. The zero-order chi connectivity index (χ0) is 45.0. The molecular formula is C42H46N8O13. The van der Waals surface area contributed by atoms with Crippen LogP contribution in [0.5, 0.6) is 5.75 Å². The Balaban J connectivity index is 0.964. The minimum absolute atomic E-state index is 0.00391. The van der Waals surface area contributed by atoms with Gasteiger partial charge >= 0.3 is 5.97 Å². The fourth-order valence-corrected chi connectivity index (χ4v) is 6.89. The van der Waals surface area contributed by atoms with Crippen molar-refractivity contribution in [3.8, 4) is 5.75 Å². The molecule has 63 heavy (non-hydrogen) atoms. The zero-order valence-electron chi connectivity index (χ0n) is 33.8. The minimum Gasteiger partial charge on any atom is -0.508 e. The largest absolute Gasteiger partial charge is 0.508 e. The van der Waals surface area contributed by atoms with E-state index in [0.29, 0.717) is 11.4 Å². The number of fused-ring (bicyclic) bond motifs is 1. The number of hydrogen-bond acceptors (Lipinski definition) is 15. The Kier molecular flexibility index (Phi) is 15.1. The number of amides is 8. The summed E-state index contributed by atoms with van der Waals surface area (Å²) in [7, 11) is 0. The number of aryl methyl sites for hydroxylation is 1. The number of aromatic nitrogens is 1. The van der Waals surface area contributed by atoms with Crippen molar-refractivity contribution in [2.24, 2.45) is 0 Å². The number of imide groups is 2. The number of aromatic hydroxyl groups is 1. The predicted octanol–water partition coefficient (Wildman–Crippen LogP) is -1.28. The second kappa shape index (κ2) is 21.0. The van der Waals surface area contributed by atoms with Gasteiger partial charge in [-0.25, -0.2) is 4.79 Å². The highest BCUT2D eigenvalue weighted by atomic mass is 16.6. The molecule has 4 heterocycles. The van der Waals surface area contributed by atoms with Crippen LogP contribution in [-0.4, -0.2) is 130 Å². The number of ether oxygens (including phenoxy) is 2. The summed E-state index contributed by atoms with van der Waals surface area (Å²) in [6, 6.07) is 12.1. The molecule has 1 aromatic heterocycles. The molecule has 21 nitrogen and oxygen atoms in total. The van der Waals surface area contributed by atoms with Crippen LogP contribution in [-0.2, 0) is 56.1 Å². The van der Waals surface area contributed by atoms with E-state index in [1.165, 1.54) is 18.2 Å². The maximum absolute atomic E-state index is 13.5. The SMILES string of the molecule is O=C(CNC(=O)C(CO)NC(=O)C(CCc1ccc(O)cc1)NC(=O)CCCNc1cccc2c1C(=O)N(C1CCC(=O)NC1=O)C2=O)NCC1OC1C(=O)OCc1ccccn1. The zero-order valence-corrected chi connectivity index (χ0v) is 33.8. The number of esters is 1. The fraction of sp³-hybridized carbons (Fsp3) is 0.381. The van der Waals surface area contributed by atoms with Gasteiger partial charge in [0, 0.05) is 37.8 Å². The molecule has 2 fully saturated rings. The van der Waals surface area contributed by atoms with Gasteiger partial charge in [0.1, 0.15) is 36.6 Å². The molecule has 5 unspecified atom stereocenters. The van der Waals surface area contributed by atoms with E-state index >= 15 is 0 Å². The van der Waals surface area contributed by atoms with Crippen molar-refractivity contribution in [2.45, 2.75) is 75.5 Å². The van der Waals surface area contributed by atoms with Crippen LogP contribution in [0, 0.1) is 0 Å². The van der Waals surface area contributed by atoms with Crippen LogP contribution in [0.15, 0.2) is 66.9 Å². The topological polar surface area (TPSA) is 304 Å². The van der Waals surface area contributed by atoms with Gasteiger partial charge in [0.05, 0.1) is 30.0 Å². The van der Waals surface area contributed by atoms with Crippen molar-refractivity contribution in [3.05, 3.63) is 89.2 Å². The lowest BCUT2D eigenvalue weighted by Crippen LogP contribution is -2.55. The van der Waals surface area contributed by atoms with Crippen molar-refractivity contribution in [1.29, 1.82) is 0 Å². The highest BCUT2D eigenvalue weighted by molar-refractivity contribution is 6.25. The Morgan fingerprint density at radius 3 is 2.43 bits per heavy atom. The molecule has 0 aliphatic carbocycles. The van der Waals surface area contributed by atoms with E-state index in [1.54, 1.807) is 48.7 Å². The highest BCUT2D eigenvalue weighted by Gasteiger charge is 2.47. The van der Waals surface area contributed by atoms with Crippen molar-refractivity contribution in [3.63, 3.8) is 0 Å². The Bertz CT molecular complexity index is 2240. The molecule has 5 atom stereocenters. The molecule has 6 rings (SSSR count). The lowest BCUT2D eigenvalue weighted by atomic mass is 10.0. The predicted molar refractivity (Wildman–Crippen MR) is 217 cm³/mol. The Labute approximate surface area is 359 Å². The van der Waals surface area contributed by atoms with Crippen LogP contribution < -0.4 is 31.9 Å². The summed E-state index contributed by atoms with van der Waals surface area (Å²) in [6.07, 6.45) is 0.477. The quantitative estimate of drug-likeness (QED) is 0.0268. The Hall–Kier alpha value is -7.26. The van der Waals surface area contributed by atoms with Gasteiger partial charge < -0.3 is 46.3 Å². The maximum Gasteiger partial charge on any atom is 0.338 e. The molecule has 332 valence electrons. The number of anilines is 1. The van der Waals surface area contributed by atoms with Crippen LogP contribution in [0.1, 0.15) is 64.1 Å². The third kappa shape index (κ3) is 12.0. The van der Waals surface area contributed by atoms with Gasteiger partial charge in [-0.05, 0) is 67.6 Å². The summed E-state index contributed by atoms with van der Waals surface area (Å²) in [5.41, 5.74) is 1.74. The summed E-state index contributed by atoms with van der Waals surface area (Å²) in [5.74, 6) is -6.02. The monoisotopic (exact) mass is 870 g/mol. The van der Waals surface area contributed by atoms with E-state index in [4.69, 9.17) is 9.47 Å². The number of piperidine rings is 1. The summed E-state index contributed by atoms with van der Waals surface area (Å²) >= 11 is 0. The first kappa shape index (κ1) is 45.3. The lowest BCUT2D eigenvalue weighted by Gasteiger charge is -2.27. The van der Waals surface area contributed by atoms with Gasteiger partial charge in [-0.3, -0.25) is 53.6 Å². The van der Waals surface area contributed by atoms with Crippen LogP contribution in [0.4, 0.5) is 5.69 Å². The van der Waals surface area contributed by atoms with Crippen LogP contribution >= 0.6 is 0 Å². The van der Waals surface area contributed by atoms with Gasteiger partial charge in [-0.2, -0.15) is 0 Å². The first-order valence-electron chi connectivity index (χ1n) is 20.2. The Morgan fingerprint density at radius 2 is 1.70 bits per heavy atom. The molecule has 2 saturated heterocycles. The maximum atomic E-state index is 13.5. The molecule has 21 heteroatoms. The number of aliphatic hydroxyl groups excluding tert-OH is 1. The number of carbonyl (C=O) groups is 9. The van der Waals surface area contributed by atoms with Crippen molar-refractivity contribution < 1.29 is 62.8 Å². The fourth-order valence-electron chi connectivity index (χ4n) is 6.89.